The number of amides is 3. The highest BCUT2D eigenvalue weighted by Gasteiger charge is 2.42. The molecule has 178 valence electrons. The van der Waals surface area contributed by atoms with Crippen LogP contribution in [0.1, 0.15) is 38.5 Å². The van der Waals surface area contributed by atoms with Gasteiger partial charge in [-0.15, -0.1) is 0 Å². The van der Waals surface area contributed by atoms with Gasteiger partial charge in [-0.3, -0.25) is 24.2 Å². The van der Waals surface area contributed by atoms with E-state index in [4.69, 9.17) is 11.6 Å². The van der Waals surface area contributed by atoms with E-state index in [2.05, 4.69) is 21.2 Å². The molecule has 0 aromatic heterocycles. The topological polar surface area (TPSA) is 73.0 Å². The molecular formula is C25H33ClN4O3. The van der Waals surface area contributed by atoms with E-state index in [1.165, 1.54) is 24.2 Å². The van der Waals surface area contributed by atoms with Gasteiger partial charge in [-0.25, -0.2) is 0 Å². The van der Waals surface area contributed by atoms with Crippen molar-refractivity contribution in [1.29, 1.82) is 0 Å². The molecule has 7 nitrogen and oxygen atoms in total. The van der Waals surface area contributed by atoms with E-state index in [0.717, 1.165) is 49.2 Å². The Morgan fingerprint density at radius 3 is 2.58 bits per heavy atom. The van der Waals surface area contributed by atoms with Crippen LogP contribution in [0.4, 0.5) is 5.69 Å². The van der Waals surface area contributed by atoms with Crippen LogP contribution in [0.5, 0.6) is 0 Å². The van der Waals surface area contributed by atoms with Gasteiger partial charge in [0.25, 0.3) is 5.91 Å². The van der Waals surface area contributed by atoms with E-state index >= 15 is 0 Å². The second-order valence-electron chi connectivity index (χ2n) is 10.2. The largest absolute Gasteiger partial charge is 0.369 e. The molecule has 1 aromatic carbocycles. The van der Waals surface area contributed by atoms with Crippen LogP contribution in [0, 0.1) is 17.8 Å². The zero-order valence-electron chi connectivity index (χ0n) is 19.0. The third kappa shape index (κ3) is 5.04. The molecule has 5 rings (SSSR count). The number of hydrogen-bond acceptors (Lipinski definition) is 5. The van der Waals surface area contributed by atoms with Crippen LogP contribution < -0.4 is 10.2 Å². The van der Waals surface area contributed by atoms with Gasteiger partial charge >= 0.3 is 0 Å². The lowest BCUT2D eigenvalue weighted by atomic mass is 9.86. The number of benzene rings is 1. The smallest absolute Gasteiger partial charge is 0.252 e. The second-order valence-corrected chi connectivity index (χ2v) is 10.6. The number of imide groups is 1. The van der Waals surface area contributed by atoms with E-state index in [0.29, 0.717) is 31.3 Å². The Bertz CT molecular complexity index is 917. The Balaban J connectivity index is 1.06. The van der Waals surface area contributed by atoms with E-state index in [1.807, 2.05) is 18.2 Å². The summed E-state index contributed by atoms with van der Waals surface area (Å²) in [5.74, 6) is 1.43. The highest BCUT2D eigenvalue weighted by atomic mass is 35.5. The van der Waals surface area contributed by atoms with Crippen molar-refractivity contribution in [3.05, 3.63) is 29.3 Å². The number of halogens is 1. The lowest BCUT2D eigenvalue weighted by molar-refractivity contribution is -0.140. The monoisotopic (exact) mass is 472 g/mol. The maximum absolute atomic E-state index is 12.8. The first-order valence-electron chi connectivity index (χ1n) is 12.3. The maximum Gasteiger partial charge on any atom is 0.252 e. The second kappa shape index (κ2) is 9.63. The highest BCUT2D eigenvalue weighted by Crippen LogP contribution is 2.49. The molecule has 2 saturated carbocycles. The van der Waals surface area contributed by atoms with E-state index < -0.39 is 6.04 Å². The normalized spacial score (nSPS) is 29.8. The summed E-state index contributed by atoms with van der Waals surface area (Å²) in [7, 11) is 0. The fourth-order valence-corrected chi connectivity index (χ4v) is 6.48. The summed E-state index contributed by atoms with van der Waals surface area (Å²) in [6.07, 6.45) is 5.54. The molecule has 1 N–H and O–H groups in total. The van der Waals surface area contributed by atoms with Gasteiger partial charge in [0.05, 0.1) is 6.42 Å². The first-order chi connectivity index (χ1) is 16.0. The standard InChI is InChI=1S/C25H33ClN4O3/c26-20-2-1-3-21(15-20)29-9-6-28(7-10-29)8-11-30-24(32)16-22(25(30)33)27-23(31)14-19-13-17-4-5-18(19)12-17/h1-3,15,17-19,22H,4-14,16H2,(H,27,31)/t17-,18+,19?,22-/m0/s1. The first-order valence-corrected chi connectivity index (χ1v) is 12.7. The fraction of sp³-hybridized carbons (Fsp3) is 0.640. The van der Waals surface area contributed by atoms with Gasteiger partial charge in [-0.2, -0.15) is 0 Å². The third-order valence-corrected chi connectivity index (χ3v) is 8.33. The summed E-state index contributed by atoms with van der Waals surface area (Å²) in [6, 6.07) is 7.18. The van der Waals surface area contributed by atoms with Crippen LogP contribution in [-0.2, 0) is 14.4 Å². The molecule has 8 heteroatoms. The SMILES string of the molecule is O=C(CC1C[C@H]2CC[C@@H]1C2)N[C@H]1CC(=O)N(CCN2CCN(c3cccc(Cl)c3)CC2)C1=O. The molecule has 0 spiro atoms. The molecule has 0 radical (unpaired) electrons. The predicted molar refractivity (Wildman–Crippen MR) is 127 cm³/mol. The Morgan fingerprint density at radius 1 is 1.06 bits per heavy atom. The number of hydrogen-bond donors (Lipinski definition) is 1. The molecule has 4 aliphatic rings. The number of nitrogens with one attached hydrogen (secondary N) is 1. The number of anilines is 1. The molecule has 1 unspecified atom stereocenters. The predicted octanol–water partition coefficient (Wildman–Crippen LogP) is 2.53. The Labute approximate surface area is 200 Å². The minimum absolute atomic E-state index is 0.0716. The van der Waals surface area contributed by atoms with Crippen molar-refractivity contribution < 1.29 is 14.4 Å². The summed E-state index contributed by atoms with van der Waals surface area (Å²) in [6.45, 7) is 4.53. The van der Waals surface area contributed by atoms with Crippen molar-refractivity contribution in [1.82, 2.24) is 15.1 Å². The van der Waals surface area contributed by atoms with Gasteiger partial charge in [-0.1, -0.05) is 24.1 Å². The molecule has 3 amide bonds. The van der Waals surface area contributed by atoms with Gasteiger partial charge in [0.1, 0.15) is 6.04 Å². The molecule has 4 fully saturated rings. The summed E-state index contributed by atoms with van der Waals surface area (Å²) in [4.78, 5) is 43.8. The average molecular weight is 473 g/mol. The first kappa shape index (κ1) is 22.7. The minimum atomic E-state index is -0.691. The van der Waals surface area contributed by atoms with Crippen molar-refractivity contribution in [3.63, 3.8) is 0 Å². The van der Waals surface area contributed by atoms with Crippen molar-refractivity contribution in [2.24, 2.45) is 17.8 Å². The molecule has 1 aromatic rings. The van der Waals surface area contributed by atoms with E-state index in [-0.39, 0.29) is 24.1 Å². The highest BCUT2D eigenvalue weighted by molar-refractivity contribution is 6.30. The van der Waals surface area contributed by atoms with Crippen LogP contribution in [0.3, 0.4) is 0 Å². The molecule has 33 heavy (non-hydrogen) atoms. The summed E-state index contributed by atoms with van der Waals surface area (Å²) in [5.41, 5.74) is 1.12. The maximum atomic E-state index is 12.8. The molecule has 2 saturated heterocycles. The molecular weight excluding hydrogens is 440 g/mol. The van der Waals surface area contributed by atoms with Gasteiger partial charge in [-0.05, 0) is 55.2 Å². The van der Waals surface area contributed by atoms with E-state index in [1.54, 1.807) is 0 Å². The van der Waals surface area contributed by atoms with E-state index in [9.17, 15) is 14.4 Å². The number of rotatable bonds is 7. The lowest BCUT2D eigenvalue weighted by Gasteiger charge is -2.36. The molecule has 2 heterocycles. The fourth-order valence-electron chi connectivity index (χ4n) is 6.29. The van der Waals surface area contributed by atoms with Crippen molar-refractivity contribution in [3.8, 4) is 0 Å². The van der Waals surface area contributed by atoms with Gasteiger partial charge in [0, 0.05) is 56.4 Å². The van der Waals surface area contributed by atoms with Crippen molar-refractivity contribution in [2.75, 3.05) is 44.2 Å². The third-order valence-electron chi connectivity index (χ3n) is 8.10. The Kier molecular flexibility index (Phi) is 6.61. The molecule has 2 bridgehead atoms. The molecule has 2 aliphatic carbocycles. The lowest BCUT2D eigenvalue weighted by Crippen LogP contribution is -2.49. The average Bonchev–Trinajstić information content (AvgIpc) is 3.48. The zero-order chi connectivity index (χ0) is 22.9. The van der Waals surface area contributed by atoms with Crippen molar-refractivity contribution in [2.45, 2.75) is 44.6 Å². The number of piperazine rings is 1. The molecule has 2 aliphatic heterocycles. The number of carbonyl (C=O) groups excluding carboxylic acids is 3. The zero-order valence-corrected chi connectivity index (χ0v) is 19.8. The number of nitrogens with zero attached hydrogens (tertiary/aromatic N) is 3. The summed E-state index contributed by atoms with van der Waals surface area (Å²) >= 11 is 6.11. The van der Waals surface area contributed by atoms with Gasteiger partial charge in [0.2, 0.25) is 11.8 Å². The van der Waals surface area contributed by atoms with Crippen LogP contribution in [0.15, 0.2) is 24.3 Å². The van der Waals surface area contributed by atoms with Gasteiger partial charge < -0.3 is 10.2 Å². The van der Waals surface area contributed by atoms with Crippen LogP contribution >= 0.6 is 11.6 Å². The van der Waals surface area contributed by atoms with Gasteiger partial charge in [0.15, 0.2) is 0 Å². The van der Waals surface area contributed by atoms with Crippen LogP contribution in [-0.4, -0.2) is 72.8 Å². The summed E-state index contributed by atoms with van der Waals surface area (Å²) in [5, 5.41) is 3.59. The number of likely N-dealkylation sites (tertiary alicyclic amines) is 1. The van der Waals surface area contributed by atoms with Crippen LogP contribution in [0.2, 0.25) is 5.02 Å². The Morgan fingerprint density at radius 2 is 1.88 bits per heavy atom. The minimum Gasteiger partial charge on any atom is -0.369 e. The summed E-state index contributed by atoms with van der Waals surface area (Å²) < 4.78 is 0. The van der Waals surface area contributed by atoms with Crippen LogP contribution in [0.25, 0.3) is 0 Å². The Hall–Kier alpha value is -2.12. The number of fused-ring (bicyclic) bond motifs is 2. The molecule has 4 atom stereocenters. The quantitative estimate of drug-likeness (QED) is 0.617. The number of carbonyl (C=O) groups is 3. The van der Waals surface area contributed by atoms with Crippen molar-refractivity contribution >= 4 is 35.0 Å².